The molecular formula is C20H22O6. The first-order valence-corrected chi connectivity index (χ1v) is 7.81. The van der Waals surface area contributed by atoms with Crippen LogP contribution in [0.4, 0.5) is 0 Å². The van der Waals surface area contributed by atoms with E-state index in [2.05, 4.69) is 4.74 Å². The molecule has 0 fully saturated rings. The van der Waals surface area contributed by atoms with Crippen LogP contribution in [0.3, 0.4) is 0 Å². The average molecular weight is 358 g/mol. The molecule has 6 heteroatoms. The maximum Gasteiger partial charge on any atom is 0.371 e. The summed E-state index contributed by atoms with van der Waals surface area (Å²) in [5.41, 5.74) is 1.78. The van der Waals surface area contributed by atoms with E-state index in [1.54, 1.807) is 0 Å². The summed E-state index contributed by atoms with van der Waals surface area (Å²) < 4.78 is 9.49. The molecule has 2 rings (SSSR count). The molecule has 0 saturated carbocycles. The van der Waals surface area contributed by atoms with Gasteiger partial charge in [-0.25, -0.2) is 9.59 Å². The third-order valence-electron chi connectivity index (χ3n) is 3.35. The van der Waals surface area contributed by atoms with Crippen LogP contribution in [0.2, 0.25) is 0 Å². The highest BCUT2D eigenvalue weighted by molar-refractivity contribution is 5.89. The van der Waals surface area contributed by atoms with Gasteiger partial charge >= 0.3 is 11.9 Å². The van der Waals surface area contributed by atoms with Crippen molar-refractivity contribution in [2.24, 2.45) is 0 Å². The van der Waals surface area contributed by atoms with Gasteiger partial charge in [0.1, 0.15) is 0 Å². The van der Waals surface area contributed by atoms with Gasteiger partial charge in [-0.3, -0.25) is 0 Å². The fraction of sp³-hybridized carbons (Fsp3) is 0.200. The zero-order valence-corrected chi connectivity index (χ0v) is 14.7. The normalized spacial score (nSPS) is 11.7. The van der Waals surface area contributed by atoms with Gasteiger partial charge in [0.05, 0.1) is 7.11 Å². The molecule has 26 heavy (non-hydrogen) atoms. The second kappa shape index (κ2) is 11.4. The summed E-state index contributed by atoms with van der Waals surface area (Å²) in [6.07, 6.45) is 1.14. The molecule has 0 aliphatic carbocycles. The van der Waals surface area contributed by atoms with Crippen LogP contribution < -0.4 is 0 Å². The fourth-order valence-corrected chi connectivity index (χ4v) is 2.01. The number of ether oxygens (including phenoxy) is 2. The van der Waals surface area contributed by atoms with Crippen molar-refractivity contribution < 1.29 is 29.3 Å². The summed E-state index contributed by atoms with van der Waals surface area (Å²) in [7, 11) is 2.74. The smallest absolute Gasteiger partial charge is 0.371 e. The Morgan fingerprint density at radius 2 is 1.50 bits per heavy atom. The molecular weight excluding hydrogens is 336 g/mol. The minimum atomic E-state index is -1.06. The average Bonchev–Trinajstić information content (AvgIpc) is 2.66. The minimum absolute atomic E-state index is 0.0637. The quantitative estimate of drug-likeness (QED) is 0.584. The van der Waals surface area contributed by atoms with E-state index in [0.717, 1.165) is 11.1 Å². The lowest BCUT2D eigenvalue weighted by atomic mass is 10.1. The molecule has 2 aromatic rings. The number of methoxy groups -OCH3 is 2. The van der Waals surface area contributed by atoms with E-state index in [4.69, 9.17) is 14.9 Å². The topological polar surface area (TPSA) is 93.1 Å². The molecule has 0 radical (unpaired) electrons. The SMILES string of the molecule is CO/C(=C\c1ccccc1)C(=O)O.COC(Cc1ccccc1)C(=O)O. The predicted molar refractivity (Wildman–Crippen MR) is 97.6 cm³/mol. The second-order valence-corrected chi connectivity index (χ2v) is 5.18. The van der Waals surface area contributed by atoms with E-state index >= 15 is 0 Å². The first-order chi connectivity index (χ1) is 12.5. The van der Waals surface area contributed by atoms with Crippen LogP contribution in [0, 0.1) is 0 Å². The number of hydrogen-bond donors (Lipinski definition) is 2. The molecule has 0 aliphatic heterocycles. The number of carbonyl (C=O) groups is 2. The predicted octanol–water partition coefficient (Wildman–Crippen LogP) is 3.09. The number of benzene rings is 2. The van der Waals surface area contributed by atoms with E-state index < -0.39 is 18.0 Å². The lowest BCUT2D eigenvalue weighted by molar-refractivity contribution is -0.148. The molecule has 2 aromatic carbocycles. The summed E-state index contributed by atoms with van der Waals surface area (Å²) in [6, 6.07) is 18.6. The Hall–Kier alpha value is -3.12. The van der Waals surface area contributed by atoms with Crippen LogP contribution in [0.15, 0.2) is 66.4 Å². The Morgan fingerprint density at radius 1 is 0.962 bits per heavy atom. The number of rotatable bonds is 7. The molecule has 0 aliphatic rings. The van der Waals surface area contributed by atoms with Crippen LogP contribution in [0.5, 0.6) is 0 Å². The number of aliphatic carboxylic acids is 2. The number of hydrogen-bond acceptors (Lipinski definition) is 4. The van der Waals surface area contributed by atoms with Crippen molar-refractivity contribution in [2.75, 3.05) is 14.2 Å². The monoisotopic (exact) mass is 358 g/mol. The molecule has 0 heterocycles. The van der Waals surface area contributed by atoms with Crippen molar-refractivity contribution in [1.82, 2.24) is 0 Å². The zero-order valence-electron chi connectivity index (χ0n) is 14.7. The van der Waals surface area contributed by atoms with Gasteiger partial charge in [-0.1, -0.05) is 60.7 Å². The fourth-order valence-electron chi connectivity index (χ4n) is 2.01. The molecule has 0 saturated heterocycles. The first-order valence-electron chi connectivity index (χ1n) is 7.81. The van der Waals surface area contributed by atoms with Crippen molar-refractivity contribution in [3.63, 3.8) is 0 Å². The lowest BCUT2D eigenvalue weighted by Crippen LogP contribution is -2.24. The van der Waals surface area contributed by atoms with Crippen LogP contribution in [0.1, 0.15) is 11.1 Å². The lowest BCUT2D eigenvalue weighted by Gasteiger charge is -2.09. The van der Waals surface area contributed by atoms with Gasteiger partial charge in [0.15, 0.2) is 6.10 Å². The van der Waals surface area contributed by atoms with Crippen LogP contribution in [-0.4, -0.2) is 42.5 Å². The molecule has 0 bridgehead atoms. The van der Waals surface area contributed by atoms with E-state index in [1.165, 1.54) is 20.3 Å². The maximum atomic E-state index is 10.6. The van der Waals surface area contributed by atoms with Crippen molar-refractivity contribution in [3.8, 4) is 0 Å². The minimum Gasteiger partial charge on any atom is -0.490 e. The van der Waals surface area contributed by atoms with Gasteiger partial charge in [-0.15, -0.1) is 0 Å². The summed E-state index contributed by atoms with van der Waals surface area (Å²) in [6.45, 7) is 0. The molecule has 0 amide bonds. The number of carboxylic acids is 2. The molecule has 1 atom stereocenters. The second-order valence-electron chi connectivity index (χ2n) is 5.18. The number of carboxylic acid groups (broad SMARTS) is 2. The van der Waals surface area contributed by atoms with E-state index in [9.17, 15) is 9.59 Å². The summed E-state index contributed by atoms with van der Waals surface area (Å²) in [5.74, 6) is -2.05. The third kappa shape index (κ3) is 7.63. The highest BCUT2D eigenvalue weighted by atomic mass is 16.5. The zero-order chi connectivity index (χ0) is 19.4. The van der Waals surface area contributed by atoms with Crippen LogP contribution in [-0.2, 0) is 25.5 Å². The Bertz CT molecular complexity index is 710. The third-order valence-corrected chi connectivity index (χ3v) is 3.35. The molecule has 138 valence electrons. The summed E-state index contributed by atoms with van der Waals surface area (Å²) in [4.78, 5) is 21.2. The highest BCUT2D eigenvalue weighted by Gasteiger charge is 2.16. The van der Waals surface area contributed by atoms with Gasteiger partial charge < -0.3 is 19.7 Å². The van der Waals surface area contributed by atoms with E-state index in [-0.39, 0.29) is 5.76 Å². The van der Waals surface area contributed by atoms with Gasteiger partial charge in [-0.05, 0) is 17.2 Å². The van der Waals surface area contributed by atoms with Crippen molar-refractivity contribution >= 4 is 18.0 Å². The van der Waals surface area contributed by atoms with Crippen molar-refractivity contribution in [2.45, 2.75) is 12.5 Å². The molecule has 1 unspecified atom stereocenters. The van der Waals surface area contributed by atoms with Gasteiger partial charge in [0, 0.05) is 13.5 Å². The molecule has 6 nitrogen and oxygen atoms in total. The highest BCUT2D eigenvalue weighted by Crippen LogP contribution is 2.07. The maximum absolute atomic E-state index is 10.6. The Balaban J connectivity index is 0.000000260. The van der Waals surface area contributed by atoms with Gasteiger partial charge in [-0.2, -0.15) is 0 Å². The first kappa shape index (κ1) is 20.9. The molecule has 2 N–H and O–H groups in total. The summed E-state index contributed by atoms with van der Waals surface area (Å²) >= 11 is 0. The van der Waals surface area contributed by atoms with Gasteiger partial charge in [0.25, 0.3) is 0 Å². The van der Waals surface area contributed by atoms with Gasteiger partial charge in [0.2, 0.25) is 5.76 Å². The largest absolute Gasteiger partial charge is 0.490 e. The van der Waals surface area contributed by atoms with Crippen LogP contribution in [0.25, 0.3) is 6.08 Å². The standard InChI is InChI=1S/C10H12O3.C10H10O3/c2*1-13-9(10(11)12)7-8-5-3-2-4-6-8/h2-6,9H,7H2,1H3,(H,11,12);2-7H,1H3,(H,11,12)/b;9-7-. The van der Waals surface area contributed by atoms with Crippen molar-refractivity contribution in [1.29, 1.82) is 0 Å². The Morgan fingerprint density at radius 3 is 1.92 bits per heavy atom. The Labute approximate surface area is 152 Å². The Kier molecular flexibility index (Phi) is 9.20. The molecule has 0 aromatic heterocycles. The summed E-state index contributed by atoms with van der Waals surface area (Å²) in [5, 5.41) is 17.4. The van der Waals surface area contributed by atoms with E-state index in [0.29, 0.717) is 6.42 Å². The van der Waals surface area contributed by atoms with E-state index in [1.807, 2.05) is 60.7 Å². The van der Waals surface area contributed by atoms with Crippen LogP contribution >= 0.6 is 0 Å². The molecule has 0 spiro atoms. The van der Waals surface area contributed by atoms with Crippen molar-refractivity contribution in [3.05, 3.63) is 77.5 Å².